The van der Waals surface area contributed by atoms with Crippen molar-refractivity contribution < 1.29 is 23.9 Å². The van der Waals surface area contributed by atoms with Crippen molar-refractivity contribution in [2.24, 2.45) is 5.10 Å². The number of nitrogens with zero attached hydrogens (tertiary/aromatic N) is 3. The van der Waals surface area contributed by atoms with E-state index < -0.39 is 11.9 Å². The highest BCUT2D eigenvalue weighted by Gasteiger charge is 2.14. The van der Waals surface area contributed by atoms with Crippen LogP contribution in [0, 0.1) is 6.92 Å². The van der Waals surface area contributed by atoms with E-state index >= 15 is 0 Å². The number of hydrazone groups is 1. The van der Waals surface area contributed by atoms with Gasteiger partial charge < -0.3 is 9.47 Å². The minimum absolute atomic E-state index is 0.0711. The third-order valence-electron chi connectivity index (χ3n) is 5.19. The van der Waals surface area contributed by atoms with Crippen LogP contribution in [0.15, 0.2) is 71.8 Å². The summed E-state index contributed by atoms with van der Waals surface area (Å²) in [6.45, 7) is 1.93. The second kappa shape index (κ2) is 12.8. The standard InChI is InChI=1S/C27H22ClN5O5S/c1-16-3-6-18(7-4-16)25(35)30-27-33-32-24(39-27)14-23(34)31-29-15-17-5-12-21(22(13-17)37-2)38-26(36)19-8-10-20(28)11-9-19/h3-13,15H,14H2,1-2H3,(H,31,34)(H,30,33,35)/b29-15+. The van der Waals surface area contributed by atoms with Gasteiger partial charge in [0.15, 0.2) is 11.5 Å². The number of carbonyl (C=O) groups is 3. The number of ether oxygens (including phenoxy) is 2. The zero-order valence-electron chi connectivity index (χ0n) is 20.8. The topological polar surface area (TPSA) is 132 Å². The molecule has 1 heterocycles. The zero-order valence-corrected chi connectivity index (χ0v) is 22.4. The lowest BCUT2D eigenvalue weighted by Gasteiger charge is -2.10. The van der Waals surface area contributed by atoms with E-state index in [1.54, 1.807) is 54.6 Å². The number of halogens is 1. The first-order valence-electron chi connectivity index (χ1n) is 11.5. The summed E-state index contributed by atoms with van der Waals surface area (Å²) in [5.41, 5.74) is 4.89. The van der Waals surface area contributed by atoms with Gasteiger partial charge in [-0.3, -0.25) is 14.9 Å². The zero-order chi connectivity index (χ0) is 27.8. The van der Waals surface area contributed by atoms with Crippen LogP contribution >= 0.6 is 22.9 Å². The van der Waals surface area contributed by atoms with Crippen LogP contribution < -0.4 is 20.2 Å². The van der Waals surface area contributed by atoms with Gasteiger partial charge in [-0.05, 0) is 67.1 Å². The van der Waals surface area contributed by atoms with Crippen molar-refractivity contribution in [3.05, 3.63) is 99.0 Å². The van der Waals surface area contributed by atoms with Gasteiger partial charge in [-0.15, -0.1) is 10.2 Å². The van der Waals surface area contributed by atoms with Crippen LogP contribution in [0.25, 0.3) is 0 Å². The summed E-state index contributed by atoms with van der Waals surface area (Å²) in [5.74, 6) is -0.762. The van der Waals surface area contributed by atoms with Crippen molar-refractivity contribution in [1.29, 1.82) is 0 Å². The number of methoxy groups -OCH3 is 1. The molecule has 0 fully saturated rings. The second-order valence-electron chi connectivity index (χ2n) is 8.10. The van der Waals surface area contributed by atoms with Crippen LogP contribution in [0.3, 0.4) is 0 Å². The predicted octanol–water partition coefficient (Wildman–Crippen LogP) is 4.67. The number of nitrogens with one attached hydrogen (secondary N) is 2. The van der Waals surface area contributed by atoms with Crippen LogP contribution in [-0.4, -0.2) is 41.3 Å². The molecule has 3 aromatic carbocycles. The molecule has 10 nitrogen and oxygen atoms in total. The molecule has 2 N–H and O–H groups in total. The van der Waals surface area contributed by atoms with Crippen LogP contribution in [0.5, 0.6) is 11.5 Å². The van der Waals surface area contributed by atoms with E-state index in [9.17, 15) is 14.4 Å². The number of benzene rings is 3. The molecule has 0 atom stereocenters. The fourth-order valence-corrected chi connectivity index (χ4v) is 4.06. The molecule has 0 unspecified atom stereocenters. The van der Waals surface area contributed by atoms with Crippen LogP contribution in [0.1, 0.15) is 36.9 Å². The Morgan fingerprint density at radius 1 is 0.974 bits per heavy atom. The maximum absolute atomic E-state index is 12.4. The summed E-state index contributed by atoms with van der Waals surface area (Å²) in [6, 6.07) is 18.2. The van der Waals surface area contributed by atoms with E-state index in [0.29, 0.717) is 32.5 Å². The number of rotatable bonds is 9. The maximum Gasteiger partial charge on any atom is 0.343 e. The monoisotopic (exact) mass is 563 g/mol. The Morgan fingerprint density at radius 2 is 1.69 bits per heavy atom. The lowest BCUT2D eigenvalue weighted by molar-refractivity contribution is -0.120. The van der Waals surface area contributed by atoms with Crippen molar-refractivity contribution in [2.45, 2.75) is 13.3 Å². The molecule has 0 saturated carbocycles. The van der Waals surface area contributed by atoms with Gasteiger partial charge in [-0.2, -0.15) is 5.10 Å². The Labute approximate surface area is 232 Å². The average Bonchev–Trinajstić information content (AvgIpc) is 3.36. The summed E-state index contributed by atoms with van der Waals surface area (Å²) in [6.07, 6.45) is 1.34. The quantitative estimate of drug-likeness (QED) is 0.131. The molecule has 0 radical (unpaired) electrons. The van der Waals surface area contributed by atoms with Gasteiger partial charge in [0.25, 0.3) is 5.91 Å². The van der Waals surface area contributed by atoms with Crippen molar-refractivity contribution >= 4 is 52.1 Å². The molecule has 0 saturated heterocycles. The molecule has 198 valence electrons. The first-order chi connectivity index (χ1) is 18.8. The Bertz CT molecular complexity index is 1520. The van der Waals surface area contributed by atoms with Gasteiger partial charge in [0, 0.05) is 10.6 Å². The molecule has 0 spiro atoms. The van der Waals surface area contributed by atoms with Crippen LogP contribution in [0.4, 0.5) is 5.13 Å². The van der Waals surface area contributed by atoms with E-state index in [0.717, 1.165) is 16.9 Å². The van der Waals surface area contributed by atoms with E-state index in [1.807, 2.05) is 19.1 Å². The number of amides is 2. The van der Waals surface area contributed by atoms with E-state index in [2.05, 4.69) is 26.0 Å². The minimum Gasteiger partial charge on any atom is -0.493 e. The van der Waals surface area contributed by atoms with Crippen LogP contribution in [0.2, 0.25) is 5.02 Å². The molecule has 0 aliphatic rings. The van der Waals surface area contributed by atoms with E-state index in [4.69, 9.17) is 21.1 Å². The lowest BCUT2D eigenvalue weighted by Crippen LogP contribution is -2.19. The lowest BCUT2D eigenvalue weighted by atomic mass is 10.1. The van der Waals surface area contributed by atoms with Gasteiger partial charge in [0.2, 0.25) is 11.0 Å². The molecular formula is C27H22ClN5O5S. The Balaban J connectivity index is 1.29. The average molecular weight is 564 g/mol. The molecule has 1 aromatic heterocycles. The molecule has 0 aliphatic carbocycles. The molecular weight excluding hydrogens is 542 g/mol. The summed E-state index contributed by atoms with van der Waals surface area (Å²) in [5, 5.41) is 15.7. The minimum atomic E-state index is -0.562. The largest absolute Gasteiger partial charge is 0.493 e. The second-order valence-corrected chi connectivity index (χ2v) is 9.60. The smallest absolute Gasteiger partial charge is 0.343 e. The number of hydrogen-bond acceptors (Lipinski definition) is 9. The molecule has 0 aliphatic heterocycles. The molecule has 4 rings (SSSR count). The van der Waals surface area contributed by atoms with Crippen LogP contribution in [-0.2, 0) is 11.2 Å². The van der Waals surface area contributed by atoms with E-state index in [1.165, 1.54) is 13.3 Å². The fraction of sp³-hybridized carbons (Fsp3) is 0.111. The normalized spacial score (nSPS) is 10.7. The first-order valence-corrected chi connectivity index (χ1v) is 12.7. The molecule has 2 amide bonds. The third-order valence-corrected chi connectivity index (χ3v) is 6.28. The number of carbonyl (C=O) groups excluding carboxylic acids is 3. The van der Waals surface area contributed by atoms with Gasteiger partial charge >= 0.3 is 5.97 Å². The third kappa shape index (κ3) is 7.69. The summed E-state index contributed by atoms with van der Waals surface area (Å²) in [7, 11) is 1.44. The van der Waals surface area contributed by atoms with E-state index in [-0.39, 0.29) is 23.2 Å². The number of anilines is 1. The SMILES string of the molecule is COc1cc(/C=N/NC(=O)Cc2nnc(NC(=O)c3ccc(C)cc3)s2)ccc1OC(=O)c1ccc(Cl)cc1. The number of hydrogen-bond donors (Lipinski definition) is 2. The van der Waals surface area contributed by atoms with Gasteiger partial charge in [-0.25, -0.2) is 10.2 Å². The van der Waals surface area contributed by atoms with Gasteiger partial charge in [0.05, 0.1) is 25.3 Å². The van der Waals surface area contributed by atoms with Crippen molar-refractivity contribution in [1.82, 2.24) is 15.6 Å². The van der Waals surface area contributed by atoms with Crippen molar-refractivity contribution in [2.75, 3.05) is 12.4 Å². The molecule has 4 aromatic rings. The van der Waals surface area contributed by atoms with Crippen molar-refractivity contribution in [3.8, 4) is 11.5 Å². The first kappa shape index (κ1) is 27.4. The molecule has 0 bridgehead atoms. The highest BCUT2D eigenvalue weighted by molar-refractivity contribution is 7.15. The van der Waals surface area contributed by atoms with Gasteiger partial charge in [0.1, 0.15) is 5.01 Å². The number of esters is 1. The summed E-state index contributed by atoms with van der Waals surface area (Å²) < 4.78 is 10.7. The molecule has 39 heavy (non-hydrogen) atoms. The fourth-order valence-electron chi connectivity index (χ4n) is 3.20. The Morgan fingerprint density at radius 3 is 2.41 bits per heavy atom. The Hall–Kier alpha value is -4.61. The van der Waals surface area contributed by atoms with Crippen molar-refractivity contribution in [3.63, 3.8) is 0 Å². The molecule has 12 heteroatoms. The highest BCUT2D eigenvalue weighted by Crippen LogP contribution is 2.28. The summed E-state index contributed by atoms with van der Waals surface area (Å²) in [4.78, 5) is 37.0. The highest BCUT2D eigenvalue weighted by atomic mass is 35.5. The maximum atomic E-state index is 12.4. The summed E-state index contributed by atoms with van der Waals surface area (Å²) >= 11 is 6.95. The predicted molar refractivity (Wildman–Crippen MR) is 148 cm³/mol. The number of aryl methyl sites for hydroxylation is 1. The number of aromatic nitrogens is 2. The Kier molecular flexibility index (Phi) is 8.97. The van der Waals surface area contributed by atoms with Gasteiger partial charge in [-0.1, -0.05) is 40.6 Å².